The molecule has 0 heterocycles. The maximum atomic E-state index is 11.5. The number of hydrogen-bond donors (Lipinski definition) is 1. The second-order valence-electron chi connectivity index (χ2n) is 5.15. The lowest BCUT2D eigenvalue weighted by Crippen LogP contribution is -2.24. The lowest BCUT2D eigenvalue weighted by Gasteiger charge is -2.08. The van der Waals surface area contributed by atoms with Crippen LogP contribution in [-0.4, -0.2) is 19.1 Å². The molecule has 1 amide bonds. The average Bonchev–Trinajstić information content (AvgIpc) is 2.41. The van der Waals surface area contributed by atoms with Crippen LogP contribution in [0.2, 0.25) is 0 Å². The summed E-state index contributed by atoms with van der Waals surface area (Å²) in [5.74, 6) is 1.69. The van der Waals surface area contributed by atoms with Gasteiger partial charge in [0.2, 0.25) is 5.91 Å². The minimum atomic E-state index is 0.125. The highest BCUT2D eigenvalue weighted by Gasteiger charge is 2.01. The Balaban J connectivity index is 1.98. The summed E-state index contributed by atoms with van der Waals surface area (Å²) in [7, 11) is 0. The average molecular weight is 263 g/mol. The largest absolute Gasteiger partial charge is 0.494 e. The summed E-state index contributed by atoms with van der Waals surface area (Å²) in [5.41, 5.74) is 0. The Kier molecular flexibility index (Phi) is 7.71. The van der Waals surface area contributed by atoms with Crippen molar-refractivity contribution in [3.8, 4) is 5.75 Å². The van der Waals surface area contributed by atoms with Crippen LogP contribution in [0.5, 0.6) is 5.75 Å². The number of amides is 1. The summed E-state index contributed by atoms with van der Waals surface area (Å²) in [5, 5.41) is 2.94. The van der Waals surface area contributed by atoms with E-state index in [1.807, 2.05) is 30.3 Å². The molecule has 0 bridgehead atoms. The number of rotatable bonds is 9. The molecule has 0 aromatic heterocycles. The van der Waals surface area contributed by atoms with Gasteiger partial charge in [-0.15, -0.1) is 0 Å². The van der Waals surface area contributed by atoms with E-state index in [0.717, 1.165) is 31.6 Å². The molecule has 3 nitrogen and oxygen atoms in total. The Bertz CT molecular complexity index is 349. The predicted octanol–water partition coefficient (Wildman–Crippen LogP) is 3.40. The van der Waals surface area contributed by atoms with E-state index in [2.05, 4.69) is 19.2 Å². The van der Waals surface area contributed by atoms with Crippen LogP contribution < -0.4 is 10.1 Å². The van der Waals surface area contributed by atoms with E-state index in [-0.39, 0.29) is 5.91 Å². The molecule has 1 aromatic carbocycles. The Morgan fingerprint density at radius 2 is 1.95 bits per heavy atom. The fraction of sp³-hybridized carbons (Fsp3) is 0.562. The third-order valence-corrected chi connectivity index (χ3v) is 2.84. The summed E-state index contributed by atoms with van der Waals surface area (Å²) in [6.07, 6.45) is 3.51. The molecule has 0 fully saturated rings. The molecule has 0 aliphatic carbocycles. The monoisotopic (exact) mass is 263 g/mol. The van der Waals surface area contributed by atoms with Crippen LogP contribution in [0.1, 0.15) is 39.5 Å². The van der Waals surface area contributed by atoms with Gasteiger partial charge in [-0.05, 0) is 37.3 Å². The normalized spacial score (nSPS) is 10.5. The lowest BCUT2D eigenvalue weighted by atomic mass is 10.1. The van der Waals surface area contributed by atoms with Gasteiger partial charge in [0.1, 0.15) is 5.75 Å². The van der Waals surface area contributed by atoms with Gasteiger partial charge >= 0.3 is 0 Å². The molecule has 106 valence electrons. The Labute approximate surface area is 116 Å². The Morgan fingerprint density at radius 1 is 1.21 bits per heavy atom. The highest BCUT2D eigenvalue weighted by molar-refractivity contribution is 5.75. The number of carbonyl (C=O) groups is 1. The summed E-state index contributed by atoms with van der Waals surface area (Å²) in [4.78, 5) is 11.5. The molecule has 0 atom stereocenters. The molecule has 3 heteroatoms. The van der Waals surface area contributed by atoms with Gasteiger partial charge in [0.25, 0.3) is 0 Å². The zero-order valence-electron chi connectivity index (χ0n) is 12.0. The molecule has 1 N–H and O–H groups in total. The minimum absolute atomic E-state index is 0.125. The van der Waals surface area contributed by atoms with Crippen molar-refractivity contribution in [3.63, 3.8) is 0 Å². The lowest BCUT2D eigenvalue weighted by molar-refractivity contribution is -0.121. The summed E-state index contributed by atoms with van der Waals surface area (Å²) in [6, 6.07) is 9.68. The van der Waals surface area contributed by atoms with Crippen molar-refractivity contribution in [2.75, 3.05) is 13.2 Å². The first-order valence-electron chi connectivity index (χ1n) is 7.13. The molecular formula is C16H25NO2. The van der Waals surface area contributed by atoms with Crippen LogP contribution in [-0.2, 0) is 4.79 Å². The van der Waals surface area contributed by atoms with Crippen LogP contribution in [0.3, 0.4) is 0 Å². The highest BCUT2D eigenvalue weighted by atomic mass is 16.5. The van der Waals surface area contributed by atoms with E-state index in [4.69, 9.17) is 4.74 Å². The number of ether oxygens (including phenoxy) is 1. The second kappa shape index (κ2) is 9.42. The molecule has 0 aliphatic heterocycles. The van der Waals surface area contributed by atoms with Crippen LogP contribution in [0, 0.1) is 5.92 Å². The molecule has 0 spiro atoms. The van der Waals surface area contributed by atoms with Gasteiger partial charge in [-0.1, -0.05) is 32.0 Å². The zero-order chi connectivity index (χ0) is 13.9. The van der Waals surface area contributed by atoms with Crippen molar-refractivity contribution in [1.29, 1.82) is 0 Å². The summed E-state index contributed by atoms with van der Waals surface area (Å²) < 4.78 is 5.53. The van der Waals surface area contributed by atoms with E-state index < -0.39 is 0 Å². The Morgan fingerprint density at radius 3 is 2.63 bits per heavy atom. The standard InChI is InChI=1S/C16H25NO2/c1-14(2)8-6-12-17-16(18)11-7-13-19-15-9-4-3-5-10-15/h3-5,9-10,14H,6-8,11-13H2,1-2H3,(H,17,18). The number of carbonyl (C=O) groups excluding carboxylic acids is 1. The zero-order valence-corrected chi connectivity index (χ0v) is 12.0. The number of hydrogen-bond acceptors (Lipinski definition) is 2. The second-order valence-corrected chi connectivity index (χ2v) is 5.15. The van der Waals surface area contributed by atoms with Crippen LogP contribution in [0.4, 0.5) is 0 Å². The van der Waals surface area contributed by atoms with Crippen LogP contribution >= 0.6 is 0 Å². The molecular weight excluding hydrogens is 238 g/mol. The first-order chi connectivity index (χ1) is 9.18. The summed E-state index contributed by atoms with van der Waals surface area (Å²) >= 11 is 0. The quantitative estimate of drug-likeness (QED) is 0.693. The Hall–Kier alpha value is -1.51. The first kappa shape index (κ1) is 15.5. The predicted molar refractivity (Wildman–Crippen MR) is 78.3 cm³/mol. The van der Waals surface area contributed by atoms with Gasteiger partial charge in [-0.3, -0.25) is 4.79 Å². The third-order valence-electron chi connectivity index (χ3n) is 2.84. The van der Waals surface area contributed by atoms with Crippen molar-refractivity contribution in [2.24, 2.45) is 5.92 Å². The maximum Gasteiger partial charge on any atom is 0.220 e. The van der Waals surface area contributed by atoms with Gasteiger partial charge in [0.05, 0.1) is 6.61 Å². The number of para-hydroxylation sites is 1. The molecule has 19 heavy (non-hydrogen) atoms. The first-order valence-corrected chi connectivity index (χ1v) is 7.13. The van der Waals surface area contributed by atoms with Crippen molar-refractivity contribution >= 4 is 5.91 Å². The van der Waals surface area contributed by atoms with E-state index in [9.17, 15) is 4.79 Å². The minimum Gasteiger partial charge on any atom is -0.494 e. The van der Waals surface area contributed by atoms with E-state index in [1.165, 1.54) is 0 Å². The molecule has 1 rings (SSSR count). The smallest absolute Gasteiger partial charge is 0.220 e. The van der Waals surface area contributed by atoms with Crippen LogP contribution in [0.15, 0.2) is 30.3 Å². The van der Waals surface area contributed by atoms with Crippen molar-refractivity contribution in [1.82, 2.24) is 5.32 Å². The van der Waals surface area contributed by atoms with Crippen molar-refractivity contribution < 1.29 is 9.53 Å². The van der Waals surface area contributed by atoms with Crippen LogP contribution in [0.25, 0.3) is 0 Å². The molecule has 0 aliphatic rings. The fourth-order valence-electron chi connectivity index (χ4n) is 1.77. The van der Waals surface area contributed by atoms with E-state index >= 15 is 0 Å². The van der Waals surface area contributed by atoms with Gasteiger partial charge in [-0.2, -0.15) is 0 Å². The molecule has 0 unspecified atom stereocenters. The van der Waals surface area contributed by atoms with E-state index in [1.54, 1.807) is 0 Å². The van der Waals surface area contributed by atoms with Gasteiger partial charge < -0.3 is 10.1 Å². The molecule has 0 radical (unpaired) electrons. The topological polar surface area (TPSA) is 38.3 Å². The van der Waals surface area contributed by atoms with E-state index in [0.29, 0.717) is 18.9 Å². The molecule has 0 saturated heterocycles. The molecule has 1 aromatic rings. The number of nitrogens with one attached hydrogen (secondary N) is 1. The van der Waals surface area contributed by atoms with Gasteiger partial charge in [-0.25, -0.2) is 0 Å². The highest BCUT2D eigenvalue weighted by Crippen LogP contribution is 2.08. The fourth-order valence-corrected chi connectivity index (χ4v) is 1.77. The third kappa shape index (κ3) is 8.25. The SMILES string of the molecule is CC(C)CCCNC(=O)CCCOc1ccccc1. The number of benzene rings is 1. The van der Waals surface area contributed by atoms with Crippen molar-refractivity contribution in [3.05, 3.63) is 30.3 Å². The molecule has 0 saturated carbocycles. The van der Waals surface area contributed by atoms with Gasteiger partial charge in [0, 0.05) is 13.0 Å². The maximum absolute atomic E-state index is 11.5. The van der Waals surface area contributed by atoms with Gasteiger partial charge in [0.15, 0.2) is 0 Å². The van der Waals surface area contributed by atoms with Crippen molar-refractivity contribution in [2.45, 2.75) is 39.5 Å². The summed E-state index contributed by atoms with van der Waals surface area (Å²) in [6.45, 7) is 5.77.